The molecule has 1 heterocycles. The molecule has 0 aliphatic carbocycles. The first-order valence-corrected chi connectivity index (χ1v) is 9.07. The Morgan fingerprint density at radius 2 is 1.72 bits per heavy atom. The van der Waals surface area contributed by atoms with Crippen LogP contribution < -0.4 is 10.6 Å². The smallest absolute Gasteiger partial charge is 0.145 e. The second-order valence-electron chi connectivity index (χ2n) is 6.63. The maximum absolute atomic E-state index is 5.93. The zero-order chi connectivity index (χ0) is 17.6. The molecule has 0 saturated heterocycles. The molecule has 0 bridgehead atoms. The van der Waals surface area contributed by atoms with Gasteiger partial charge in [-0.2, -0.15) is 0 Å². The summed E-state index contributed by atoms with van der Waals surface area (Å²) in [6.45, 7) is 5.87. The zero-order valence-electron chi connectivity index (χ0n) is 15.1. The first-order valence-electron chi connectivity index (χ1n) is 9.07. The molecule has 2 aromatic rings. The Morgan fingerprint density at radius 3 is 2.28 bits per heavy atom. The fraction of sp³-hybridized carbons (Fsp3) is 0.381. The third kappa shape index (κ3) is 4.60. The van der Waals surface area contributed by atoms with Gasteiger partial charge < -0.3 is 4.74 Å². The van der Waals surface area contributed by atoms with Crippen molar-refractivity contribution < 1.29 is 4.74 Å². The van der Waals surface area contributed by atoms with E-state index in [0.29, 0.717) is 0 Å². The van der Waals surface area contributed by atoms with Crippen LogP contribution in [0.4, 0.5) is 0 Å². The molecule has 0 saturated carbocycles. The summed E-state index contributed by atoms with van der Waals surface area (Å²) in [6.07, 6.45) is 3.40. The van der Waals surface area contributed by atoms with E-state index < -0.39 is 0 Å². The second kappa shape index (κ2) is 8.17. The highest BCUT2D eigenvalue weighted by Crippen LogP contribution is 2.18. The summed E-state index contributed by atoms with van der Waals surface area (Å²) in [5, 5.41) is 1.72. The van der Waals surface area contributed by atoms with Gasteiger partial charge in [0.1, 0.15) is 11.6 Å². The number of nitrogens with two attached hydrogens (primary N) is 1. The lowest BCUT2D eigenvalue weighted by Crippen LogP contribution is -2.34. The third-order valence-corrected chi connectivity index (χ3v) is 4.45. The normalized spacial score (nSPS) is 15.2. The van der Waals surface area contributed by atoms with Gasteiger partial charge in [-0.25, -0.2) is 5.84 Å². The van der Waals surface area contributed by atoms with Crippen LogP contribution in [0.3, 0.4) is 0 Å². The van der Waals surface area contributed by atoms with E-state index in [9.17, 15) is 0 Å². The summed E-state index contributed by atoms with van der Waals surface area (Å²) in [5.74, 6) is 7.76. The van der Waals surface area contributed by atoms with Crippen LogP contribution in [0.1, 0.15) is 43.4 Å². The molecule has 1 aliphatic rings. The number of amidine groups is 1. The van der Waals surface area contributed by atoms with E-state index in [1.165, 1.54) is 11.1 Å². The molecule has 0 aromatic heterocycles. The summed E-state index contributed by atoms with van der Waals surface area (Å²) >= 11 is 0. The summed E-state index contributed by atoms with van der Waals surface area (Å²) in [4.78, 5) is 4.45. The lowest BCUT2D eigenvalue weighted by atomic mass is 10.0. The van der Waals surface area contributed by atoms with Crippen LogP contribution in [0.15, 0.2) is 53.5 Å². The molecule has 0 fully saturated rings. The highest BCUT2D eigenvalue weighted by atomic mass is 16.5. The van der Waals surface area contributed by atoms with E-state index in [1.54, 1.807) is 5.01 Å². The molecule has 2 N–H and O–H groups in total. The maximum Gasteiger partial charge on any atom is 0.145 e. The third-order valence-electron chi connectivity index (χ3n) is 4.45. The first kappa shape index (κ1) is 17.5. The monoisotopic (exact) mass is 337 g/mol. The van der Waals surface area contributed by atoms with Crippen molar-refractivity contribution in [3.8, 4) is 5.75 Å². The quantitative estimate of drug-likeness (QED) is 0.782. The van der Waals surface area contributed by atoms with Crippen LogP contribution >= 0.6 is 0 Å². The Balaban J connectivity index is 1.60. The number of hydrogen-bond acceptors (Lipinski definition) is 4. The number of nitrogens with zero attached hydrogens (tertiary/aromatic N) is 2. The number of hydrazine groups is 1. The predicted molar refractivity (Wildman–Crippen MR) is 103 cm³/mol. The Hall–Kier alpha value is -2.33. The first-order chi connectivity index (χ1) is 12.2. The molecular formula is C21H27N3O. The summed E-state index contributed by atoms with van der Waals surface area (Å²) < 4.78 is 5.91. The van der Waals surface area contributed by atoms with Crippen molar-refractivity contribution in [2.24, 2.45) is 10.8 Å². The van der Waals surface area contributed by atoms with Crippen molar-refractivity contribution in [1.29, 1.82) is 0 Å². The van der Waals surface area contributed by atoms with Crippen molar-refractivity contribution in [2.75, 3.05) is 13.1 Å². The minimum absolute atomic E-state index is 0.268. The number of rotatable bonds is 7. The summed E-state index contributed by atoms with van der Waals surface area (Å²) in [5.41, 5.74) is 3.64. The largest absolute Gasteiger partial charge is 0.491 e. The predicted octanol–water partition coefficient (Wildman–Crippen LogP) is 3.78. The maximum atomic E-state index is 5.93. The highest BCUT2D eigenvalue weighted by Gasteiger charge is 2.14. The topological polar surface area (TPSA) is 50.8 Å². The highest BCUT2D eigenvalue weighted by molar-refractivity contribution is 5.99. The van der Waals surface area contributed by atoms with Crippen LogP contribution in [0.2, 0.25) is 0 Å². The summed E-state index contributed by atoms with van der Waals surface area (Å²) in [7, 11) is 0. The van der Waals surface area contributed by atoms with Gasteiger partial charge in [-0.1, -0.05) is 49.7 Å². The van der Waals surface area contributed by atoms with Crippen molar-refractivity contribution >= 4 is 5.84 Å². The average molecular weight is 337 g/mol. The van der Waals surface area contributed by atoms with E-state index in [2.05, 4.69) is 67.4 Å². The second-order valence-corrected chi connectivity index (χ2v) is 6.63. The molecule has 1 atom stereocenters. The molecule has 2 aromatic carbocycles. The van der Waals surface area contributed by atoms with Crippen molar-refractivity contribution in [1.82, 2.24) is 5.01 Å². The van der Waals surface area contributed by atoms with E-state index in [4.69, 9.17) is 10.6 Å². The number of aliphatic imine (C=N–C) groups is 1. The Kier molecular flexibility index (Phi) is 5.71. The van der Waals surface area contributed by atoms with Gasteiger partial charge in [0, 0.05) is 5.56 Å². The molecule has 132 valence electrons. The minimum atomic E-state index is 0.268. The molecule has 0 amide bonds. The van der Waals surface area contributed by atoms with E-state index in [0.717, 1.165) is 49.5 Å². The molecule has 4 heteroatoms. The number of benzene rings is 2. The molecule has 1 aliphatic heterocycles. The van der Waals surface area contributed by atoms with Gasteiger partial charge in [0.25, 0.3) is 0 Å². The molecule has 3 rings (SSSR count). The molecule has 4 nitrogen and oxygen atoms in total. The van der Waals surface area contributed by atoms with Crippen LogP contribution in [-0.4, -0.2) is 30.0 Å². The standard InChI is InChI=1S/C21H27N3O/c1-3-4-16(2)25-20-11-7-18(8-12-20)15-17-5-9-19(10-6-17)21-23-13-14-24(21)22/h5-12,16H,3-4,13-15,22H2,1-2H3. The molecule has 0 radical (unpaired) electrons. The van der Waals surface area contributed by atoms with Crippen LogP contribution in [-0.2, 0) is 6.42 Å². The fourth-order valence-corrected chi connectivity index (χ4v) is 3.11. The summed E-state index contributed by atoms with van der Waals surface area (Å²) in [6, 6.07) is 16.9. The van der Waals surface area contributed by atoms with Gasteiger partial charge in [-0.05, 0) is 43.0 Å². The molecular weight excluding hydrogens is 310 g/mol. The average Bonchev–Trinajstić information content (AvgIpc) is 3.04. The van der Waals surface area contributed by atoms with Crippen LogP contribution in [0, 0.1) is 0 Å². The number of hydrogen-bond donors (Lipinski definition) is 1. The minimum Gasteiger partial charge on any atom is -0.491 e. The van der Waals surface area contributed by atoms with Crippen molar-refractivity contribution in [2.45, 2.75) is 39.2 Å². The van der Waals surface area contributed by atoms with Crippen LogP contribution in [0.25, 0.3) is 0 Å². The van der Waals surface area contributed by atoms with Gasteiger partial charge in [0.2, 0.25) is 0 Å². The molecule has 0 spiro atoms. The number of ether oxygens (including phenoxy) is 1. The van der Waals surface area contributed by atoms with Crippen LogP contribution in [0.5, 0.6) is 5.75 Å². The van der Waals surface area contributed by atoms with Gasteiger partial charge in [0.15, 0.2) is 0 Å². The van der Waals surface area contributed by atoms with Crippen molar-refractivity contribution in [3.63, 3.8) is 0 Å². The fourth-order valence-electron chi connectivity index (χ4n) is 3.11. The van der Waals surface area contributed by atoms with Crippen molar-refractivity contribution in [3.05, 3.63) is 65.2 Å². The van der Waals surface area contributed by atoms with Gasteiger partial charge >= 0.3 is 0 Å². The lowest BCUT2D eigenvalue weighted by molar-refractivity contribution is 0.210. The Labute approximate surface area is 150 Å². The van der Waals surface area contributed by atoms with Gasteiger partial charge in [0.05, 0.1) is 19.2 Å². The van der Waals surface area contributed by atoms with E-state index in [1.807, 2.05) is 0 Å². The van der Waals surface area contributed by atoms with E-state index >= 15 is 0 Å². The Morgan fingerprint density at radius 1 is 1.08 bits per heavy atom. The SMILES string of the molecule is CCCC(C)Oc1ccc(Cc2ccc(C3=NCCN3N)cc2)cc1. The Bertz CT molecular complexity index is 707. The molecule has 25 heavy (non-hydrogen) atoms. The van der Waals surface area contributed by atoms with E-state index in [-0.39, 0.29) is 6.10 Å². The van der Waals surface area contributed by atoms with Gasteiger partial charge in [-0.15, -0.1) is 0 Å². The van der Waals surface area contributed by atoms with Gasteiger partial charge in [-0.3, -0.25) is 10.0 Å². The zero-order valence-corrected chi connectivity index (χ0v) is 15.1. The molecule has 1 unspecified atom stereocenters. The lowest BCUT2D eigenvalue weighted by Gasteiger charge is -2.14.